The largest absolute Gasteiger partial charge is 0.496 e. The summed E-state index contributed by atoms with van der Waals surface area (Å²) in [6, 6.07) is 18.7. The molecule has 1 amide bonds. The zero-order chi connectivity index (χ0) is 22.5. The first-order valence-corrected chi connectivity index (χ1v) is 11.0. The van der Waals surface area contributed by atoms with Crippen LogP contribution in [0.25, 0.3) is 0 Å². The number of carbonyl (C=O) groups is 1. The number of ether oxygens (including phenoxy) is 1. The summed E-state index contributed by atoms with van der Waals surface area (Å²) in [6.07, 6.45) is 1.72. The zero-order valence-corrected chi connectivity index (χ0v) is 18.8. The van der Waals surface area contributed by atoms with Crippen LogP contribution in [0.2, 0.25) is 5.02 Å². The van der Waals surface area contributed by atoms with Crippen LogP contribution in [0.4, 0.5) is 0 Å². The average Bonchev–Trinajstić information content (AvgIpc) is 2.81. The quantitative estimate of drug-likeness (QED) is 0.575. The van der Waals surface area contributed by atoms with Crippen molar-refractivity contribution in [2.24, 2.45) is 0 Å². The number of methoxy groups -OCH3 is 1. The maximum absolute atomic E-state index is 13.1. The summed E-state index contributed by atoms with van der Waals surface area (Å²) in [5.74, 6) is 0.591. The third kappa shape index (κ3) is 5.03. The molecule has 0 radical (unpaired) electrons. The maximum Gasteiger partial charge on any atom is 0.263 e. The molecule has 7 heteroatoms. The van der Waals surface area contributed by atoms with E-state index in [4.69, 9.17) is 16.3 Å². The first-order valence-electron chi connectivity index (χ1n) is 10.6. The Kier molecular flexibility index (Phi) is 6.93. The van der Waals surface area contributed by atoms with E-state index in [1.54, 1.807) is 34.9 Å². The molecule has 32 heavy (non-hydrogen) atoms. The van der Waals surface area contributed by atoms with Crippen molar-refractivity contribution in [1.82, 2.24) is 14.4 Å². The Morgan fingerprint density at radius 3 is 2.44 bits per heavy atom. The van der Waals surface area contributed by atoms with E-state index in [1.807, 2.05) is 48.5 Å². The minimum Gasteiger partial charge on any atom is -0.496 e. The van der Waals surface area contributed by atoms with Crippen LogP contribution >= 0.6 is 11.6 Å². The Bertz CT molecular complexity index is 1140. The zero-order valence-electron chi connectivity index (χ0n) is 18.0. The second-order valence-corrected chi connectivity index (χ2v) is 8.30. The number of rotatable bonds is 6. The van der Waals surface area contributed by atoms with Crippen molar-refractivity contribution in [3.8, 4) is 5.75 Å². The van der Waals surface area contributed by atoms with Gasteiger partial charge in [0.15, 0.2) is 0 Å². The number of hydrogen-bond donors (Lipinski definition) is 0. The SMILES string of the molecule is COc1ccc(Cl)cc1CN1CCN(C(=O)c2cccn(Cc3ccccc3)c2=O)CC1. The Balaban J connectivity index is 1.41. The molecule has 166 valence electrons. The summed E-state index contributed by atoms with van der Waals surface area (Å²) in [4.78, 5) is 30.1. The smallest absolute Gasteiger partial charge is 0.263 e. The lowest BCUT2D eigenvalue weighted by Gasteiger charge is -2.35. The van der Waals surface area contributed by atoms with Gasteiger partial charge in [-0.25, -0.2) is 0 Å². The van der Waals surface area contributed by atoms with E-state index in [2.05, 4.69) is 4.90 Å². The Labute approximate surface area is 192 Å². The van der Waals surface area contributed by atoms with Gasteiger partial charge in [0.2, 0.25) is 0 Å². The molecule has 0 unspecified atom stereocenters. The summed E-state index contributed by atoms with van der Waals surface area (Å²) in [5, 5.41) is 0.672. The highest BCUT2D eigenvalue weighted by Gasteiger charge is 2.25. The molecule has 6 nitrogen and oxygen atoms in total. The molecular formula is C25H26ClN3O3. The fraction of sp³-hybridized carbons (Fsp3) is 0.280. The van der Waals surface area contributed by atoms with Gasteiger partial charge >= 0.3 is 0 Å². The molecule has 1 fully saturated rings. The fourth-order valence-electron chi connectivity index (χ4n) is 4.00. The molecular weight excluding hydrogens is 426 g/mol. The molecule has 1 aromatic heterocycles. The molecule has 0 bridgehead atoms. The molecule has 1 aliphatic heterocycles. The molecule has 0 atom stereocenters. The minimum atomic E-state index is -0.257. The number of piperazine rings is 1. The van der Waals surface area contributed by atoms with Crippen molar-refractivity contribution in [3.63, 3.8) is 0 Å². The van der Waals surface area contributed by atoms with Gasteiger partial charge < -0.3 is 14.2 Å². The molecule has 0 saturated carbocycles. The van der Waals surface area contributed by atoms with E-state index in [-0.39, 0.29) is 17.0 Å². The van der Waals surface area contributed by atoms with E-state index in [0.717, 1.165) is 16.9 Å². The third-order valence-electron chi connectivity index (χ3n) is 5.74. The van der Waals surface area contributed by atoms with E-state index in [1.165, 1.54) is 0 Å². The van der Waals surface area contributed by atoms with Gasteiger partial charge in [-0.1, -0.05) is 41.9 Å². The van der Waals surface area contributed by atoms with Crippen LogP contribution in [0.15, 0.2) is 71.7 Å². The highest BCUT2D eigenvalue weighted by molar-refractivity contribution is 6.30. The second-order valence-electron chi connectivity index (χ2n) is 7.87. The predicted octanol–water partition coefficient (Wildman–Crippen LogP) is 3.52. The Morgan fingerprint density at radius 2 is 1.72 bits per heavy atom. The summed E-state index contributed by atoms with van der Waals surface area (Å²) in [7, 11) is 1.65. The number of halogens is 1. The second kappa shape index (κ2) is 10.0. The van der Waals surface area contributed by atoms with Crippen LogP contribution in [0.5, 0.6) is 5.75 Å². The van der Waals surface area contributed by atoms with Gasteiger partial charge in [-0.3, -0.25) is 14.5 Å². The Morgan fingerprint density at radius 1 is 0.969 bits per heavy atom. The molecule has 4 rings (SSSR count). The van der Waals surface area contributed by atoms with Gasteiger partial charge in [-0.05, 0) is 35.9 Å². The first-order chi connectivity index (χ1) is 15.5. The lowest BCUT2D eigenvalue weighted by molar-refractivity contribution is 0.0625. The van der Waals surface area contributed by atoms with Crippen LogP contribution in [0.1, 0.15) is 21.5 Å². The summed E-state index contributed by atoms with van der Waals surface area (Å²) < 4.78 is 7.03. The number of carbonyl (C=O) groups excluding carboxylic acids is 1. The van der Waals surface area contributed by atoms with Crippen LogP contribution in [-0.2, 0) is 13.1 Å². The van der Waals surface area contributed by atoms with Gasteiger partial charge in [0.1, 0.15) is 11.3 Å². The standard InChI is InChI=1S/C25H26ClN3O3/c1-32-23-10-9-21(26)16-20(23)18-27-12-14-28(15-13-27)24(30)22-8-5-11-29(25(22)31)17-19-6-3-2-4-7-19/h2-11,16H,12-15,17-18H2,1H3. The van der Waals surface area contributed by atoms with Gasteiger partial charge in [0.05, 0.1) is 13.7 Å². The van der Waals surface area contributed by atoms with E-state index in [0.29, 0.717) is 44.3 Å². The predicted molar refractivity (Wildman–Crippen MR) is 125 cm³/mol. The number of aromatic nitrogens is 1. The van der Waals surface area contributed by atoms with Crippen LogP contribution in [0, 0.1) is 0 Å². The number of hydrogen-bond acceptors (Lipinski definition) is 4. The maximum atomic E-state index is 13.1. The molecule has 0 spiro atoms. The van der Waals surface area contributed by atoms with Crippen molar-refractivity contribution in [3.05, 3.63) is 98.9 Å². The first kappa shape index (κ1) is 22.1. The molecule has 2 heterocycles. The molecule has 0 N–H and O–H groups in total. The topological polar surface area (TPSA) is 54.8 Å². The van der Waals surface area contributed by atoms with Crippen molar-refractivity contribution in [2.45, 2.75) is 13.1 Å². The normalized spacial score (nSPS) is 14.4. The monoisotopic (exact) mass is 451 g/mol. The average molecular weight is 452 g/mol. The van der Waals surface area contributed by atoms with Crippen molar-refractivity contribution >= 4 is 17.5 Å². The van der Waals surface area contributed by atoms with Crippen LogP contribution in [-0.4, -0.2) is 53.6 Å². The van der Waals surface area contributed by atoms with Crippen LogP contribution in [0.3, 0.4) is 0 Å². The Hall–Kier alpha value is -3.09. The van der Waals surface area contributed by atoms with Gasteiger partial charge in [0.25, 0.3) is 11.5 Å². The van der Waals surface area contributed by atoms with Crippen molar-refractivity contribution in [2.75, 3.05) is 33.3 Å². The molecule has 2 aromatic carbocycles. The molecule has 3 aromatic rings. The van der Waals surface area contributed by atoms with E-state index < -0.39 is 0 Å². The summed E-state index contributed by atoms with van der Waals surface area (Å²) in [6.45, 7) is 3.69. The van der Waals surface area contributed by atoms with Gasteiger partial charge in [0, 0.05) is 49.5 Å². The van der Waals surface area contributed by atoms with Crippen molar-refractivity contribution < 1.29 is 9.53 Å². The third-order valence-corrected chi connectivity index (χ3v) is 5.98. The minimum absolute atomic E-state index is 0.211. The van der Waals surface area contributed by atoms with E-state index in [9.17, 15) is 9.59 Å². The number of pyridine rings is 1. The van der Waals surface area contributed by atoms with E-state index >= 15 is 0 Å². The highest BCUT2D eigenvalue weighted by atomic mass is 35.5. The molecule has 1 aliphatic rings. The van der Waals surface area contributed by atoms with Gasteiger partial charge in [-0.2, -0.15) is 0 Å². The van der Waals surface area contributed by atoms with Gasteiger partial charge in [-0.15, -0.1) is 0 Å². The summed E-state index contributed by atoms with van der Waals surface area (Å²) >= 11 is 6.14. The number of nitrogens with zero attached hydrogens (tertiary/aromatic N) is 3. The number of amides is 1. The van der Waals surface area contributed by atoms with Crippen LogP contribution < -0.4 is 10.3 Å². The fourth-order valence-corrected chi connectivity index (χ4v) is 4.19. The number of benzene rings is 2. The lowest BCUT2D eigenvalue weighted by atomic mass is 10.1. The summed E-state index contributed by atoms with van der Waals surface area (Å²) in [5.41, 5.74) is 2.00. The lowest BCUT2D eigenvalue weighted by Crippen LogP contribution is -2.49. The highest BCUT2D eigenvalue weighted by Crippen LogP contribution is 2.24. The van der Waals surface area contributed by atoms with Crippen molar-refractivity contribution in [1.29, 1.82) is 0 Å². The molecule has 0 aliphatic carbocycles. The molecule has 1 saturated heterocycles.